The predicted molar refractivity (Wildman–Crippen MR) is 103 cm³/mol. The Morgan fingerprint density at radius 1 is 1.03 bits per heavy atom. The van der Waals surface area contributed by atoms with E-state index in [4.69, 9.17) is 5.11 Å². The largest absolute Gasteiger partial charge is 0.508 e. The Hall–Kier alpha value is -3.23. The van der Waals surface area contributed by atoms with Crippen LogP contribution in [0.5, 0.6) is 5.75 Å². The SMILES string of the molecule is O=C1C(=O)N(CCNCCO)[C@@H](c2ccc(O)cc2)C1=C(O)c1ccc(F)cc1. The molecule has 4 N–H and O–H groups in total. The predicted octanol–water partition coefficient (Wildman–Crippen LogP) is 1.53. The quantitative estimate of drug-likeness (QED) is 0.243. The number of ketones is 1. The molecule has 2 aromatic carbocycles. The number of carbonyl (C=O) groups is 2. The van der Waals surface area contributed by atoms with Gasteiger partial charge >= 0.3 is 0 Å². The summed E-state index contributed by atoms with van der Waals surface area (Å²) < 4.78 is 13.2. The molecule has 1 saturated heterocycles. The lowest BCUT2D eigenvalue weighted by Crippen LogP contribution is -2.36. The molecule has 0 unspecified atom stereocenters. The van der Waals surface area contributed by atoms with Gasteiger partial charge < -0.3 is 25.5 Å². The molecule has 1 amide bonds. The zero-order chi connectivity index (χ0) is 21.0. The number of rotatable bonds is 7. The summed E-state index contributed by atoms with van der Waals surface area (Å²) in [6, 6.07) is 10.1. The molecule has 1 atom stereocenters. The first-order chi connectivity index (χ1) is 13.9. The summed E-state index contributed by atoms with van der Waals surface area (Å²) in [6.07, 6.45) is 0. The number of phenolic OH excluding ortho intramolecular Hbond substituents is 1. The maximum atomic E-state index is 13.2. The average molecular weight is 400 g/mol. The Bertz CT molecular complexity index is 925. The Kier molecular flexibility index (Phi) is 6.26. The highest BCUT2D eigenvalue weighted by molar-refractivity contribution is 6.46. The second kappa shape index (κ2) is 8.85. The number of carbonyl (C=O) groups excluding carboxylic acids is 2. The molecular formula is C21H21FN2O5. The number of nitrogens with zero attached hydrogens (tertiary/aromatic N) is 1. The number of aliphatic hydroxyl groups is 2. The number of amides is 1. The first-order valence-corrected chi connectivity index (χ1v) is 9.09. The van der Waals surface area contributed by atoms with E-state index in [1.165, 1.54) is 29.2 Å². The number of phenols is 1. The molecule has 0 bridgehead atoms. The van der Waals surface area contributed by atoms with Gasteiger partial charge in [-0.1, -0.05) is 12.1 Å². The van der Waals surface area contributed by atoms with Crippen LogP contribution in [0.1, 0.15) is 17.2 Å². The molecule has 1 aliphatic rings. The number of Topliss-reactive ketones (excluding diaryl/α,β-unsaturated/α-hetero) is 1. The van der Waals surface area contributed by atoms with Crippen LogP contribution in [0.25, 0.3) is 5.76 Å². The molecule has 3 rings (SSSR count). The van der Waals surface area contributed by atoms with E-state index < -0.39 is 29.3 Å². The van der Waals surface area contributed by atoms with Crippen molar-refractivity contribution in [2.75, 3.05) is 26.2 Å². The Morgan fingerprint density at radius 2 is 1.69 bits per heavy atom. The molecular weight excluding hydrogens is 379 g/mol. The van der Waals surface area contributed by atoms with Crippen LogP contribution >= 0.6 is 0 Å². The Morgan fingerprint density at radius 3 is 2.31 bits per heavy atom. The average Bonchev–Trinajstić information content (AvgIpc) is 2.96. The van der Waals surface area contributed by atoms with E-state index in [-0.39, 0.29) is 30.0 Å². The van der Waals surface area contributed by atoms with Crippen molar-refractivity contribution in [3.63, 3.8) is 0 Å². The van der Waals surface area contributed by atoms with Crippen LogP contribution < -0.4 is 5.32 Å². The number of nitrogens with one attached hydrogen (secondary N) is 1. The Labute approximate surface area is 166 Å². The second-order valence-electron chi connectivity index (χ2n) is 6.56. The van der Waals surface area contributed by atoms with Crippen molar-refractivity contribution in [3.8, 4) is 5.75 Å². The molecule has 0 radical (unpaired) electrons. The van der Waals surface area contributed by atoms with E-state index in [2.05, 4.69) is 5.32 Å². The molecule has 1 heterocycles. The lowest BCUT2D eigenvalue weighted by molar-refractivity contribution is -0.139. The first-order valence-electron chi connectivity index (χ1n) is 9.09. The van der Waals surface area contributed by atoms with Crippen molar-refractivity contribution >= 4 is 17.4 Å². The van der Waals surface area contributed by atoms with Crippen molar-refractivity contribution < 1.29 is 29.3 Å². The minimum atomic E-state index is -0.864. The van der Waals surface area contributed by atoms with Crippen LogP contribution in [0.3, 0.4) is 0 Å². The van der Waals surface area contributed by atoms with Crippen LogP contribution in [0, 0.1) is 5.82 Å². The molecule has 0 saturated carbocycles. The highest BCUT2D eigenvalue weighted by atomic mass is 19.1. The second-order valence-corrected chi connectivity index (χ2v) is 6.56. The van der Waals surface area contributed by atoms with Crippen molar-refractivity contribution in [3.05, 3.63) is 71.0 Å². The van der Waals surface area contributed by atoms with Crippen molar-refractivity contribution in [2.45, 2.75) is 6.04 Å². The molecule has 0 spiro atoms. The summed E-state index contributed by atoms with van der Waals surface area (Å²) in [4.78, 5) is 26.7. The highest BCUT2D eigenvalue weighted by Gasteiger charge is 2.45. The topological polar surface area (TPSA) is 110 Å². The Balaban J connectivity index is 2.05. The molecule has 7 nitrogen and oxygen atoms in total. The monoisotopic (exact) mass is 400 g/mol. The van der Waals surface area contributed by atoms with Gasteiger partial charge in [0.05, 0.1) is 18.2 Å². The van der Waals surface area contributed by atoms with Gasteiger partial charge in [0.1, 0.15) is 17.3 Å². The van der Waals surface area contributed by atoms with Gasteiger partial charge in [0, 0.05) is 25.2 Å². The number of aliphatic hydroxyl groups excluding tert-OH is 2. The summed E-state index contributed by atoms with van der Waals surface area (Å²) >= 11 is 0. The summed E-state index contributed by atoms with van der Waals surface area (Å²) in [7, 11) is 0. The van der Waals surface area contributed by atoms with E-state index in [9.17, 15) is 24.2 Å². The first kappa shape index (κ1) is 20.5. The zero-order valence-corrected chi connectivity index (χ0v) is 15.5. The van der Waals surface area contributed by atoms with Gasteiger partial charge in [0.2, 0.25) is 0 Å². The summed E-state index contributed by atoms with van der Waals surface area (Å²) in [5.74, 6) is -2.47. The number of aromatic hydroxyl groups is 1. The fraction of sp³-hybridized carbons (Fsp3) is 0.238. The molecule has 1 aliphatic heterocycles. The van der Waals surface area contributed by atoms with E-state index in [1.807, 2.05) is 0 Å². The van der Waals surface area contributed by atoms with Crippen LogP contribution in [-0.2, 0) is 9.59 Å². The van der Waals surface area contributed by atoms with Crippen LogP contribution in [0.15, 0.2) is 54.1 Å². The molecule has 152 valence electrons. The maximum absolute atomic E-state index is 13.2. The normalized spacial score (nSPS) is 18.4. The lowest BCUT2D eigenvalue weighted by Gasteiger charge is -2.25. The number of halogens is 1. The highest BCUT2D eigenvalue weighted by Crippen LogP contribution is 2.39. The van der Waals surface area contributed by atoms with Crippen molar-refractivity contribution in [1.29, 1.82) is 0 Å². The molecule has 8 heteroatoms. The van der Waals surface area contributed by atoms with Crippen LogP contribution in [0.2, 0.25) is 0 Å². The van der Waals surface area contributed by atoms with Crippen molar-refractivity contribution in [2.24, 2.45) is 0 Å². The number of hydrogen-bond acceptors (Lipinski definition) is 6. The molecule has 2 aromatic rings. The standard InChI is InChI=1S/C21H21FN2O5/c22-15-5-1-14(2-6-15)19(27)17-18(13-3-7-16(26)8-4-13)24(21(29)20(17)28)11-9-23-10-12-25/h1-8,18,23,25-27H,9-12H2/t18-/m0/s1. The lowest BCUT2D eigenvalue weighted by atomic mass is 9.95. The molecule has 29 heavy (non-hydrogen) atoms. The number of likely N-dealkylation sites (tertiary alicyclic amines) is 1. The van der Waals surface area contributed by atoms with E-state index in [1.54, 1.807) is 12.1 Å². The summed E-state index contributed by atoms with van der Waals surface area (Å²) in [5.41, 5.74) is 0.647. The van der Waals surface area contributed by atoms with Gasteiger partial charge in [0.25, 0.3) is 11.7 Å². The molecule has 0 aliphatic carbocycles. The number of hydrogen-bond donors (Lipinski definition) is 4. The van der Waals surface area contributed by atoms with E-state index in [0.29, 0.717) is 18.7 Å². The van der Waals surface area contributed by atoms with Crippen LogP contribution in [-0.4, -0.2) is 58.2 Å². The van der Waals surface area contributed by atoms with Crippen LogP contribution in [0.4, 0.5) is 4.39 Å². The number of benzene rings is 2. The van der Waals surface area contributed by atoms with E-state index >= 15 is 0 Å². The smallest absolute Gasteiger partial charge is 0.295 e. The fourth-order valence-electron chi connectivity index (χ4n) is 3.28. The van der Waals surface area contributed by atoms with Gasteiger partial charge in [-0.25, -0.2) is 4.39 Å². The van der Waals surface area contributed by atoms with Crippen molar-refractivity contribution in [1.82, 2.24) is 10.2 Å². The third-order valence-electron chi connectivity index (χ3n) is 4.68. The van der Waals surface area contributed by atoms with Gasteiger partial charge in [-0.05, 0) is 42.0 Å². The van der Waals surface area contributed by atoms with Gasteiger partial charge in [-0.3, -0.25) is 9.59 Å². The van der Waals surface area contributed by atoms with Gasteiger partial charge in [-0.15, -0.1) is 0 Å². The third kappa shape index (κ3) is 4.28. The minimum Gasteiger partial charge on any atom is -0.508 e. The summed E-state index contributed by atoms with van der Waals surface area (Å²) in [6.45, 7) is 0.767. The van der Waals surface area contributed by atoms with Gasteiger partial charge in [0.15, 0.2) is 0 Å². The summed E-state index contributed by atoms with van der Waals surface area (Å²) in [5, 5.41) is 32.2. The minimum absolute atomic E-state index is 0.0221. The zero-order valence-electron chi connectivity index (χ0n) is 15.5. The van der Waals surface area contributed by atoms with Gasteiger partial charge in [-0.2, -0.15) is 0 Å². The fourth-order valence-corrected chi connectivity index (χ4v) is 3.28. The maximum Gasteiger partial charge on any atom is 0.295 e. The van der Waals surface area contributed by atoms with E-state index in [0.717, 1.165) is 12.1 Å². The molecule has 1 fully saturated rings. The molecule has 0 aromatic heterocycles. The third-order valence-corrected chi connectivity index (χ3v) is 4.68.